The molecule has 0 saturated heterocycles. The highest BCUT2D eigenvalue weighted by molar-refractivity contribution is 9.10. The van der Waals surface area contributed by atoms with Crippen molar-refractivity contribution in [2.24, 2.45) is 5.92 Å². The van der Waals surface area contributed by atoms with E-state index in [1.807, 2.05) is 12.1 Å². The van der Waals surface area contributed by atoms with Crippen LogP contribution in [0.1, 0.15) is 17.9 Å². The Kier molecular flexibility index (Phi) is 2.47. The molecule has 0 fully saturated rings. The number of carboxylic acids is 1. The number of rotatable bonds is 1. The molecule has 0 unspecified atom stereocenters. The van der Waals surface area contributed by atoms with Gasteiger partial charge in [0.25, 0.3) is 0 Å². The second kappa shape index (κ2) is 3.88. The Hall–Kier alpha value is -1.29. The largest absolute Gasteiger partial charge is 0.548 e. The lowest BCUT2D eigenvalue weighted by Gasteiger charge is -2.37. The molecule has 0 saturated carbocycles. The van der Waals surface area contributed by atoms with E-state index in [9.17, 15) is 9.90 Å². The van der Waals surface area contributed by atoms with Crippen LogP contribution in [0, 0.1) is 5.92 Å². The number of fused-ring (bicyclic) bond motifs is 3. The Balaban J connectivity index is 2.09. The quantitative estimate of drug-likeness (QED) is 0.801. The molecule has 3 nitrogen and oxygen atoms in total. The standard InChI is InChI=1S/C13H12BrNO2/c14-7-4-5-11-10(6-7)8-2-1-3-9(8)12(15-11)13(16)17/h1-2,4-6,8-9,12,15H,3H2,(H,16,17)/p-1/t8-,9+,12-/m1/s1. The lowest BCUT2D eigenvalue weighted by molar-refractivity contribution is -0.308. The number of aliphatic carboxylic acids is 1. The Labute approximate surface area is 108 Å². The van der Waals surface area contributed by atoms with E-state index in [0.29, 0.717) is 0 Å². The summed E-state index contributed by atoms with van der Waals surface area (Å²) in [7, 11) is 0. The van der Waals surface area contributed by atoms with Gasteiger partial charge in [0.05, 0.1) is 12.0 Å². The summed E-state index contributed by atoms with van der Waals surface area (Å²) >= 11 is 3.45. The van der Waals surface area contributed by atoms with Crippen molar-refractivity contribution in [2.75, 3.05) is 5.32 Å². The molecule has 0 spiro atoms. The smallest absolute Gasteiger partial charge is 0.0698 e. The lowest BCUT2D eigenvalue weighted by Crippen LogP contribution is -2.48. The fourth-order valence-corrected chi connectivity index (χ4v) is 3.18. The van der Waals surface area contributed by atoms with Gasteiger partial charge in [0, 0.05) is 16.1 Å². The molecule has 1 aliphatic heterocycles. The zero-order valence-electron chi connectivity index (χ0n) is 9.02. The first-order valence-electron chi connectivity index (χ1n) is 5.60. The van der Waals surface area contributed by atoms with Gasteiger partial charge in [-0.1, -0.05) is 28.1 Å². The van der Waals surface area contributed by atoms with Crippen LogP contribution in [0.4, 0.5) is 5.69 Å². The Morgan fingerprint density at radius 1 is 1.47 bits per heavy atom. The lowest BCUT2D eigenvalue weighted by atomic mass is 9.79. The second-order valence-electron chi connectivity index (χ2n) is 4.53. The molecule has 17 heavy (non-hydrogen) atoms. The van der Waals surface area contributed by atoms with Crippen LogP contribution in [0.2, 0.25) is 0 Å². The summed E-state index contributed by atoms with van der Waals surface area (Å²) in [6.45, 7) is 0. The number of anilines is 1. The van der Waals surface area contributed by atoms with E-state index in [1.165, 1.54) is 0 Å². The van der Waals surface area contributed by atoms with E-state index in [2.05, 4.69) is 39.5 Å². The van der Waals surface area contributed by atoms with E-state index in [-0.39, 0.29) is 11.8 Å². The fourth-order valence-electron chi connectivity index (χ4n) is 2.80. The van der Waals surface area contributed by atoms with Gasteiger partial charge in [0.15, 0.2) is 0 Å². The molecule has 1 aliphatic carbocycles. The molecule has 1 N–H and O–H groups in total. The van der Waals surface area contributed by atoms with Crippen LogP contribution in [-0.4, -0.2) is 12.0 Å². The molecule has 0 bridgehead atoms. The number of benzene rings is 1. The topological polar surface area (TPSA) is 52.2 Å². The minimum absolute atomic E-state index is 0.0711. The van der Waals surface area contributed by atoms with Crippen LogP contribution in [0.3, 0.4) is 0 Å². The second-order valence-corrected chi connectivity index (χ2v) is 5.44. The van der Waals surface area contributed by atoms with Crippen molar-refractivity contribution < 1.29 is 9.90 Å². The van der Waals surface area contributed by atoms with Crippen molar-refractivity contribution >= 4 is 27.6 Å². The Morgan fingerprint density at radius 3 is 3.06 bits per heavy atom. The molecule has 1 heterocycles. The highest BCUT2D eigenvalue weighted by atomic mass is 79.9. The summed E-state index contributed by atoms with van der Waals surface area (Å²) in [6.07, 6.45) is 4.96. The van der Waals surface area contributed by atoms with Crippen molar-refractivity contribution in [3.05, 3.63) is 40.4 Å². The summed E-state index contributed by atoms with van der Waals surface area (Å²) in [6, 6.07) is 5.29. The molecule has 0 radical (unpaired) electrons. The first-order chi connectivity index (χ1) is 8.16. The van der Waals surface area contributed by atoms with Gasteiger partial charge < -0.3 is 15.2 Å². The van der Waals surface area contributed by atoms with Gasteiger partial charge in [-0.05, 0) is 36.1 Å². The maximum Gasteiger partial charge on any atom is 0.0698 e. The van der Waals surface area contributed by atoms with Gasteiger partial charge in [-0.3, -0.25) is 0 Å². The van der Waals surface area contributed by atoms with Crippen molar-refractivity contribution in [1.29, 1.82) is 0 Å². The number of carbonyl (C=O) groups excluding carboxylic acids is 1. The predicted molar refractivity (Wildman–Crippen MR) is 66.5 cm³/mol. The maximum absolute atomic E-state index is 11.2. The molecule has 1 aromatic carbocycles. The number of hydrogen-bond acceptors (Lipinski definition) is 3. The van der Waals surface area contributed by atoms with Crippen LogP contribution in [-0.2, 0) is 4.79 Å². The van der Waals surface area contributed by atoms with E-state index < -0.39 is 12.0 Å². The van der Waals surface area contributed by atoms with Gasteiger partial charge in [0.1, 0.15) is 0 Å². The van der Waals surface area contributed by atoms with Gasteiger partial charge in [-0.15, -0.1) is 0 Å². The summed E-state index contributed by atoms with van der Waals surface area (Å²) in [5, 5.41) is 14.2. The molecule has 2 aliphatic rings. The number of carbonyl (C=O) groups is 1. The first kappa shape index (κ1) is 10.8. The van der Waals surface area contributed by atoms with Crippen LogP contribution < -0.4 is 10.4 Å². The van der Waals surface area contributed by atoms with E-state index in [1.54, 1.807) is 0 Å². The molecule has 0 amide bonds. The maximum atomic E-state index is 11.2. The van der Waals surface area contributed by atoms with Crippen molar-refractivity contribution in [2.45, 2.75) is 18.4 Å². The summed E-state index contributed by atoms with van der Waals surface area (Å²) < 4.78 is 1.02. The monoisotopic (exact) mass is 292 g/mol. The van der Waals surface area contributed by atoms with Gasteiger partial charge in [-0.25, -0.2) is 0 Å². The summed E-state index contributed by atoms with van der Waals surface area (Å²) in [5.41, 5.74) is 2.06. The van der Waals surface area contributed by atoms with Gasteiger partial charge in [-0.2, -0.15) is 0 Å². The molecular formula is C13H11BrNO2-. The third-order valence-corrected chi connectivity index (χ3v) is 4.07. The molecule has 0 aromatic heterocycles. The third-order valence-electron chi connectivity index (χ3n) is 3.58. The molecule has 4 heteroatoms. The third kappa shape index (κ3) is 1.67. The zero-order valence-corrected chi connectivity index (χ0v) is 10.6. The number of hydrogen-bond donors (Lipinski definition) is 1. The minimum atomic E-state index is -1.02. The fraction of sp³-hybridized carbons (Fsp3) is 0.308. The SMILES string of the molecule is O=C([O-])[C@@H]1Nc2ccc(Br)cc2[C@@H]2C=CC[C@H]12. The average Bonchev–Trinajstić information content (AvgIpc) is 2.76. The average molecular weight is 293 g/mol. The van der Waals surface area contributed by atoms with Crippen LogP contribution >= 0.6 is 15.9 Å². The van der Waals surface area contributed by atoms with Gasteiger partial charge >= 0.3 is 0 Å². The molecule has 1 aromatic rings. The summed E-state index contributed by atoms with van der Waals surface area (Å²) in [5.74, 6) is -0.759. The predicted octanol–water partition coefficient (Wildman–Crippen LogP) is 1.65. The van der Waals surface area contributed by atoms with Crippen molar-refractivity contribution in [3.63, 3.8) is 0 Å². The van der Waals surface area contributed by atoms with E-state index in [4.69, 9.17) is 0 Å². The number of allylic oxidation sites excluding steroid dienone is 2. The first-order valence-corrected chi connectivity index (χ1v) is 6.39. The zero-order chi connectivity index (χ0) is 12.0. The Morgan fingerprint density at radius 2 is 2.29 bits per heavy atom. The van der Waals surface area contributed by atoms with Crippen molar-refractivity contribution in [3.8, 4) is 0 Å². The number of halogens is 1. The molecule has 3 rings (SSSR count). The van der Waals surface area contributed by atoms with E-state index >= 15 is 0 Å². The highest BCUT2D eigenvalue weighted by Gasteiger charge is 2.37. The normalized spacial score (nSPS) is 29.4. The van der Waals surface area contributed by atoms with Gasteiger partial charge in [0.2, 0.25) is 0 Å². The van der Waals surface area contributed by atoms with Crippen LogP contribution in [0.25, 0.3) is 0 Å². The molecule has 88 valence electrons. The van der Waals surface area contributed by atoms with Crippen LogP contribution in [0.15, 0.2) is 34.8 Å². The van der Waals surface area contributed by atoms with Crippen molar-refractivity contribution in [1.82, 2.24) is 0 Å². The number of carboxylic acid groups (broad SMARTS) is 1. The molecular weight excluding hydrogens is 282 g/mol. The number of nitrogens with one attached hydrogen (secondary N) is 1. The molecule has 3 atom stereocenters. The highest BCUT2D eigenvalue weighted by Crippen LogP contribution is 2.45. The minimum Gasteiger partial charge on any atom is -0.548 e. The Bertz CT molecular complexity index is 512. The van der Waals surface area contributed by atoms with E-state index in [0.717, 1.165) is 22.1 Å². The van der Waals surface area contributed by atoms with Crippen LogP contribution in [0.5, 0.6) is 0 Å². The summed E-state index contributed by atoms with van der Waals surface area (Å²) in [4.78, 5) is 11.2.